The zero-order valence-corrected chi connectivity index (χ0v) is 17.8. The zero-order chi connectivity index (χ0) is 21.1. The van der Waals surface area contributed by atoms with Gasteiger partial charge < -0.3 is 10.4 Å². The average Bonchev–Trinajstić information content (AvgIpc) is 2.63. The minimum absolute atomic E-state index is 0.0259. The molecular weight excluding hydrogens is 376 g/mol. The lowest BCUT2D eigenvalue weighted by Crippen LogP contribution is -2.30. The summed E-state index contributed by atoms with van der Waals surface area (Å²) in [6, 6.07) is 10.9. The molecule has 6 nitrogen and oxygen atoms in total. The molecule has 2 aromatic rings. The van der Waals surface area contributed by atoms with Crippen LogP contribution in [0.15, 0.2) is 47.4 Å². The molecule has 0 unspecified atom stereocenters. The molecule has 0 aliphatic heterocycles. The standard InChI is InChI=1S/C21H28N2O4S/c1-6-23(7-2)28(26,27)17-11-8-15(9-12-17)20(25)22-18-14-16(21(3,4)5)10-13-19(18)24/h8-14,24H,6-7H2,1-5H3,(H,22,25). The number of hydrogen-bond acceptors (Lipinski definition) is 4. The number of carbonyl (C=O) groups excluding carboxylic acids is 1. The summed E-state index contributed by atoms with van der Waals surface area (Å²) in [5.74, 6) is -0.449. The number of nitrogens with one attached hydrogen (secondary N) is 1. The van der Waals surface area contributed by atoms with Crippen LogP contribution in [0.4, 0.5) is 5.69 Å². The molecular formula is C21H28N2O4S. The van der Waals surface area contributed by atoms with Crippen molar-refractivity contribution in [2.75, 3.05) is 18.4 Å². The lowest BCUT2D eigenvalue weighted by Gasteiger charge is -2.20. The number of amides is 1. The predicted molar refractivity (Wildman–Crippen MR) is 111 cm³/mol. The van der Waals surface area contributed by atoms with Crippen molar-refractivity contribution in [2.24, 2.45) is 0 Å². The van der Waals surface area contributed by atoms with Crippen molar-refractivity contribution in [3.63, 3.8) is 0 Å². The molecule has 152 valence electrons. The molecule has 1 amide bonds. The van der Waals surface area contributed by atoms with Gasteiger partial charge in [-0.2, -0.15) is 4.31 Å². The van der Waals surface area contributed by atoms with E-state index in [1.807, 2.05) is 26.8 Å². The number of benzene rings is 2. The fraction of sp³-hybridized carbons (Fsp3) is 0.381. The maximum Gasteiger partial charge on any atom is 0.255 e. The van der Waals surface area contributed by atoms with Crippen molar-refractivity contribution < 1.29 is 18.3 Å². The Hall–Kier alpha value is -2.38. The van der Waals surface area contributed by atoms with Crippen LogP contribution in [0, 0.1) is 0 Å². The van der Waals surface area contributed by atoms with Crippen LogP contribution < -0.4 is 5.32 Å². The van der Waals surface area contributed by atoms with Crippen LogP contribution in [-0.4, -0.2) is 36.8 Å². The van der Waals surface area contributed by atoms with E-state index in [2.05, 4.69) is 5.32 Å². The van der Waals surface area contributed by atoms with E-state index in [0.717, 1.165) is 5.56 Å². The number of aromatic hydroxyl groups is 1. The van der Waals surface area contributed by atoms with E-state index in [1.165, 1.54) is 28.6 Å². The highest BCUT2D eigenvalue weighted by molar-refractivity contribution is 7.89. The Balaban J connectivity index is 2.25. The molecule has 28 heavy (non-hydrogen) atoms. The molecule has 0 aromatic heterocycles. The molecule has 0 spiro atoms. The first-order chi connectivity index (χ1) is 13.0. The van der Waals surface area contributed by atoms with E-state index in [9.17, 15) is 18.3 Å². The van der Waals surface area contributed by atoms with E-state index < -0.39 is 15.9 Å². The SMILES string of the molecule is CCN(CC)S(=O)(=O)c1ccc(C(=O)Nc2cc(C(C)(C)C)ccc2O)cc1. The number of carbonyl (C=O) groups is 1. The summed E-state index contributed by atoms with van der Waals surface area (Å²) in [4.78, 5) is 12.7. The van der Waals surface area contributed by atoms with Gasteiger partial charge in [0.05, 0.1) is 10.6 Å². The summed E-state index contributed by atoms with van der Waals surface area (Å²) in [6.45, 7) is 10.4. The topological polar surface area (TPSA) is 86.7 Å². The number of hydrogen-bond donors (Lipinski definition) is 2. The minimum atomic E-state index is -3.57. The second-order valence-corrected chi connectivity index (χ2v) is 9.49. The van der Waals surface area contributed by atoms with E-state index in [1.54, 1.807) is 26.0 Å². The first kappa shape index (κ1) is 21.9. The number of sulfonamides is 1. The molecule has 2 rings (SSSR count). The van der Waals surface area contributed by atoms with Gasteiger partial charge in [-0.05, 0) is 47.4 Å². The predicted octanol–water partition coefficient (Wildman–Crippen LogP) is 3.97. The van der Waals surface area contributed by atoms with Crippen molar-refractivity contribution in [1.82, 2.24) is 4.31 Å². The smallest absolute Gasteiger partial charge is 0.255 e. The number of anilines is 1. The molecule has 0 radical (unpaired) electrons. The van der Waals surface area contributed by atoms with E-state index in [4.69, 9.17) is 0 Å². The number of phenolic OH excluding ortho intramolecular Hbond substituents is 1. The molecule has 2 N–H and O–H groups in total. The third kappa shape index (κ3) is 4.72. The third-order valence-corrected chi connectivity index (χ3v) is 6.63. The van der Waals surface area contributed by atoms with E-state index in [0.29, 0.717) is 24.3 Å². The van der Waals surface area contributed by atoms with Gasteiger partial charge in [-0.15, -0.1) is 0 Å². The van der Waals surface area contributed by atoms with Gasteiger partial charge in [-0.1, -0.05) is 40.7 Å². The molecule has 0 atom stereocenters. The first-order valence-corrected chi connectivity index (χ1v) is 10.7. The summed E-state index contributed by atoms with van der Waals surface area (Å²) >= 11 is 0. The van der Waals surface area contributed by atoms with Crippen molar-refractivity contribution in [3.05, 3.63) is 53.6 Å². The summed E-state index contributed by atoms with van der Waals surface area (Å²) in [5.41, 5.74) is 1.46. The van der Waals surface area contributed by atoms with E-state index >= 15 is 0 Å². The van der Waals surface area contributed by atoms with Crippen LogP contribution in [0.2, 0.25) is 0 Å². The quantitative estimate of drug-likeness (QED) is 0.713. The molecule has 7 heteroatoms. The Morgan fingerprint density at radius 3 is 2.11 bits per heavy atom. The van der Waals surface area contributed by atoms with Gasteiger partial charge >= 0.3 is 0 Å². The van der Waals surface area contributed by atoms with Gasteiger partial charge in [0.15, 0.2) is 0 Å². The minimum Gasteiger partial charge on any atom is -0.506 e. The normalized spacial score (nSPS) is 12.2. The zero-order valence-electron chi connectivity index (χ0n) is 17.0. The fourth-order valence-electron chi connectivity index (χ4n) is 2.79. The second kappa shape index (κ2) is 8.32. The van der Waals surface area contributed by atoms with Crippen molar-refractivity contribution in [2.45, 2.75) is 44.9 Å². The van der Waals surface area contributed by atoms with Crippen LogP contribution in [0.3, 0.4) is 0 Å². The Kier molecular flexibility index (Phi) is 6.52. The Morgan fingerprint density at radius 2 is 1.61 bits per heavy atom. The lowest BCUT2D eigenvalue weighted by atomic mass is 9.87. The number of nitrogens with zero attached hydrogens (tertiary/aromatic N) is 1. The lowest BCUT2D eigenvalue weighted by molar-refractivity contribution is 0.102. The van der Waals surface area contributed by atoms with Gasteiger partial charge in [0.25, 0.3) is 5.91 Å². The molecule has 0 saturated carbocycles. The van der Waals surface area contributed by atoms with Crippen molar-refractivity contribution in [1.29, 1.82) is 0 Å². The first-order valence-electron chi connectivity index (χ1n) is 9.25. The van der Waals surface area contributed by atoms with Crippen molar-refractivity contribution in [3.8, 4) is 5.75 Å². The molecule has 0 aliphatic rings. The van der Waals surface area contributed by atoms with Crippen LogP contribution in [-0.2, 0) is 15.4 Å². The molecule has 0 saturated heterocycles. The Labute approximate surface area is 167 Å². The van der Waals surface area contributed by atoms with Gasteiger partial charge in [0, 0.05) is 18.7 Å². The summed E-state index contributed by atoms with van der Waals surface area (Å²) in [7, 11) is -3.57. The third-order valence-electron chi connectivity index (χ3n) is 4.57. The Morgan fingerprint density at radius 1 is 1.04 bits per heavy atom. The summed E-state index contributed by atoms with van der Waals surface area (Å²) in [5, 5.41) is 12.8. The van der Waals surface area contributed by atoms with Crippen LogP contribution in [0.1, 0.15) is 50.5 Å². The monoisotopic (exact) mass is 404 g/mol. The summed E-state index contributed by atoms with van der Waals surface area (Å²) < 4.78 is 26.4. The van der Waals surface area contributed by atoms with Gasteiger partial charge in [0.2, 0.25) is 10.0 Å². The largest absolute Gasteiger partial charge is 0.506 e. The highest BCUT2D eigenvalue weighted by atomic mass is 32.2. The maximum absolute atomic E-state index is 12.6. The maximum atomic E-state index is 12.6. The van der Waals surface area contributed by atoms with Gasteiger partial charge in [0.1, 0.15) is 5.75 Å². The molecule has 0 heterocycles. The Bertz CT molecular complexity index is 941. The number of rotatable bonds is 6. The van der Waals surface area contributed by atoms with Crippen LogP contribution >= 0.6 is 0 Å². The molecule has 0 fully saturated rings. The van der Waals surface area contributed by atoms with Crippen LogP contribution in [0.5, 0.6) is 5.75 Å². The van der Waals surface area contributed by atoms with Crippen LogP contribution in [0.25, 0.3) is 0 Å². The molecule has 0 aliphatic carbocycles. The fourth-order valence-corrected chi connectivity index (χ4v) is 4.25. The average molecular weight is 405 g/mol. The highest BCUT2D eigenvalue weighted by Gasteiger charge is 2.22. The summed E-state index contributed by atoms with van der Waals surface area (Å²) in [6.07, 6.45) is 0. The van der Waals surface area contributed by atoms with Gasteiger partial charge in [-0.25, -0.2) is 8.42 Å². The molecule has 2 aromatic carbocycles. The molecule has 0 bridgehead atoms. The van der Waals surface area contributed by atoms with Gasteiger partial charge in [-0.3, -0.25) is 4.79 Å². The van der Waals surface area contributed by atoms with Crippen molar-refractivity contribution >= 4 is 21.6 Å². The highest BCUT2D eigenvalue weighted by Crippen LogP contribution is 2.31. The number of phenols is 1. The second-order valence-electron chi connectivity index (χ2n) is 7.55. The van der Waals surface area contributed by atoms with E-state index in [-0.39, 0.29) is 16.1 Å².